The molecule has 7 heteroatoms. The van der Waals surface area contributed by atoms with Crippen molar-refractivity contribution in [2.24, 2.45) is 4.99 Å². The summed E-state index contributed by atoms with van der Waals surface area (Å²) in [5.41, 5.74) is 1.16. The van der Waals surface area contributed by atoms with E-state index in [-0.39, 0.29) is 36.4 Å². The van der Waals surface area contributed by atoms with E-state index >= 15 is 0 Å². The normalized spacial score (nSPS) is 20.0. The average Bonchev–Trinajstić information content (AvgIpc) is 2.64. The van der Waals surface area contributed by atoms with Gasteiger partial charge in [0.2, 0.25) is 5.91 Å². The van der Waals surface area contributed by atoms with Crippen molar-refractivity contribution in [1.29, 1.82) is 0 Å². The van der Waals surface area contributed by atoms with Crippen LogP contribution in [0.1, 0.15) is 31.2 Å². The van der Waals surface area contributed by atoms with Gasteiger partial charge in [-0.15, -0.1) is 24.0 Å². The first-order valence-electron chi connectivity index (χ1n) is 8.90. The molecular formula is C19H31IN4OS. The standard InChI is InChI=1S/C19H30N4OS.HI/c1-23(2)18(24)14-21-19(20-13-15-8-5-4-6-9-15)22-16-10-7-11-17(12-16)25-3;/h4-6,8-9,16-17H,7,10-14H2,1-3H3,(H2,20,21,22);1H. The number of aliphatic imine (C=N–C) groups is 1. The van der Waals surface area contributed by atoms with Gasteiger partial charge in [-0.05, 0) is 31.1 Å². The Balaban J connectivity index is 0.00000338. The van der Waals surface area contributed by atoms with Gasteiger partial charge in [0.1, 0.15) is 0 Å². The minimum atomic E-state index is 0. The molecule has 1 aliphatic carbocycles. The maximum absolute atomic E-state index is 11.9. The van der Waals surface area contributed by atoms with E-state index in [0.29, 0.717) is 17.8 Å². The van der Waals surface area contributed by atoms with Crippen LogP contribution in [-0.2, 0) is 11.3 Å². The number of guanidine groups is 1. The Hall–Kier alpha value is -0.960. The summed E-state index contributed by atoms with van der Waals surface area (Å²) >= 11 is 1.95. The number of hydrogen-bond acceptors (Lipinski definition) is 3. The van der Waals surface area contributed by atoms with Crippen molar-refractivity contribution in [2.45, 2.75) is 43.5 Å². The Morgan fingerprint density at radius 2 is 2.00 bits per heavy atom. The number of nitrogens with zero attached hydrogens (tertiary/aromatic N) is 2. The van der Waals surface area contributed by atoms with Crippen molar-refractivity contribution in [3.8, 4) is 0 Å². The third kappa shape index (κ3) is 8.16. The van der Waals surface area contributed by atoms with Crippen molar-refractivity contribution >= 4 is 47.6 Å². The first-order chi connectivity index (χ1) is 12.1. The van der Waals surface area contributed by atoms with Crippen molar-refractivity contribution in [3.05, 3.63) is 35.9 Å². The van der Waals surface area contributed by atoms with Crippen LogP contribution in [0.5, 0.6) is 0 Å². The van der Waals surface area contributed by atoms with Crippen molar-refractivity contribution in [2.75, 3.05) is 26.9 Å². The third-order valence-corrected chi connectivity index (χ3v) is 5.56. The lowest BCUT2D eigenvalue weighted by molar-refractivity contribution is -0.127. The molecule has 0 spiro atoms. The van der Waals surface area contributed by atoms with Gasteiger partial charge in [-0.3, -0.25) is 4.79 Å². The summed E-state index contributed by atoms with van der Waals surface area (Å²) in [6.45, 7) is 0.858. The Labute approximate surface area is 178 Å². The summed E-state index contributed by atoms with van der Waals surface area (Å²) < 4.78 is 0. The fourth-order valence-electron chi connectivity index (χ4n) is 2.91. The number of carbonyl (C=O) groups is 1. The lowest BCUT2D eigenvalue weighted by Gasteiger charge is -2.30. The quantitative estimate of drug-likeness (QED) is 0.366. The van der Waals surface area contributed by atoms with Crippen LogP contribution < -0.4 is 10.6 Å². The van der Waals surface area contributed by atoms with E-state index < -0.39 is 0 Å². The highest BCUT2D eigenvalue weighted by Gasteiger charge is 2.22. The van der Waals surface area contributed by atoms with Gasteiger partial charge in [0.05, 0.1) is 13.1 Å². The van der Waals surface area contributed by atoms with Crippen molar-refractivity contribution < 1.29 is 4.79 Å². The number of benzene rings is 1. The zero-order valence-electron chi connectivity index (χ0n) is 15.9. The molecule has 2 atom stereocenters. The van der Waals surface area contributed by atoms with Gasteiger partial charge >= 0.3 is 0 Å². The van der Waals surface area contributed by atoms with Crippen LogP contribution >= 0.6 is 35.7 Å². The predicted octanol–water partition coefficient (Wildman–Crippen LogP) is 3.10. The molecule has 0 bridgehead atoms. The third-order valence-electron chi connectivity index (χ3n) is 4.47. The van der Waals surface area contributed by atoms with Gasteiger partial charge in [-0.1, -0.05) is 36.8 Å². The smallest absolute Gasteiger partial charge is 0.241 e. The predicted molar refractivity (Wildman–Crippen MR) is 122 cm³/mol. The molecule has 2 rings (SSSR count). The van der Waals surface area contributed by atoms with E-state index in [9.17, 15) is 4.79 Å². The number of amides is 1. The molecule has 1 amide bonds. The Bertz CT molecular complexity index is 568. The summed E-state index contributed by atoms with van der Waals surface area (Å²) in [5.74, 6) is 0.769. The molecule has 1 fully saturated rings. The van der Waals surface area contributed by atoms with E-state index in [4.69, 9.17) is 0 Å². The molecule has 0 aromatic heterocycles. The number of likely N-dealkylation sites (N-methyl/N-ethyl adjacent to an activating group) is 1. The molecule has 26 heavy (non-hydrogen) atoms. The van der Waals surface area contributed by atoms with Crippen LogP contribution in [-0.4, -0.2) is 55.0 Å². The van der Waals surface area contributed by atoms with E-state index in [1.807, 2.05) is 30.0 Å². The fraction of sp³-hybridized carbons (Fsp3) is 0.579. The first-order valence-corrected chi connectivity index (χ1v) is 10.2. The van der Waals surface area contributed by atoms with Crippen LogP contribution in [0, 0.1) is 0 Å². The molecule has 0 radical (unpaired) electrons. The van der Waals surface area contributed by atoms with Crippen LogP contribution in [0.25, 0.3) is 0 Å². The summed E-state index contributed by atoms with van der Waals surface area (Å²) in [4.78, 5) is 18.2. The molecule has 1 aliphatic rings. The molecule has 0 heterocycles. The maximum Gasteiger partial charge on any atom is 0.241 e. The van der Waals surface area contributed by atoms with E-state index in [0.717, 1.165) is 24.4 Å². The highest BCUT2D eigenvalue weighted by molar-refractivity contribution is 14.0. The van der Waals surface area contributed by atoms with Gasteiger partial charge in [-0.2, -0.15) is 11.8 Å². The highest BCUT2D eigenvalue weighted by atomic mass is 127. The largest absolute Gasteiger partial charge is 0.354 e. The van der Waals surface area contributed by atoms with Crippen LogP contribution in [0.3, 0.4) is 0 Å². The number of hydrogen-bond donors (Lipinski definition) is 2. The van der Waals surface area contributed by atoms with E-state index in [2.05, 4.69) is 34.0 Å². The van der Waals surface area contributed by atoms with Gasteiger partial charge < -0.3 is 15.5 Å². The molecule has 1 aromatic carbocycles. The molecule has 1 aromatic rings. The summed E-state index contributed by atoms with van der Waals surface area (Å²) in [7, 11) is 3.53. The van der Waals surface area contributed by atoms with Crippen LogP contribution in [0.4, 0.5) is 0 Å². The summed E-state index contributed by atoms with van der Waals surface area (Å²) in [6, 6.07) is 10.6. The van der Waals surface area contributed by atoms with Crippen LogP contribution in [0.15, 0.2) is 35.3 Å². The molecule has 0 saturated heterocycles. The second-order valence-electron chi connectivity index (χ2n) is 6.66. The zero-order chi connectivity index (χ0) is 18.1. The fourth-order valence-corrected chi connectivity index (χ4v) is 3.73. The average molecular weight is 490 g/mol. The molecular weight excluding hydrogens is 459 g/mol. The van der Waals surface area contributed by atoms with Crippen molar-refractivity contribution in [1.82, 2.24) is 15.5 Å². The van der Waals surface area contributed by atoms with Gasteiger partial charge in [0, 0.05) is 25.4 Å². The number of nitrogens with one attached hydrogen (secondary N) is 2. The minimum absolute atomic E-state index is 0. The van der Waals surface area contributed by atoms with Crippen LogP contribution in [0.2, 0.25) is 0 Å². The minimum Gasteiger partial charge on any atom is -0.354 e. The molecule has 2 unspecified atom stereocenters. The number of halogens is 1. The molecule has 1 saturated carbocycles. The summed E-state index contributed by atoms with van der Waals surface area (Å²) in [6.07, 6.45) is 7.03. The highest BCUT2D eigenvalue weighted by Crippen LogP contribution is 2.26. The number of thioether (sulfide) groups is 1. The Morgan fingerprint density at radius 1 is 1.27 bits per heavy atom. The second kappa shape index (κ2) is 12.4. The number of carbonyl (C=O) groups excluding carboxylic acids is 1. The Kier molecular flexibility index (Phi) is 11.0. The van der Waals surface area contributed by atoms with Gasteiger partial charge in [0.15, 0.2) is 5.96 Å². The monoisotopic (exact) mass is 490 g/mol. The summed E-state index contributed by atoms with van der Waals surface area (Å²) in [5, 5.41) is 7.44. The SMILES string of the molecule is CSC1CCCC(NC(=NCc2ccccc2)NCC(=O)N(C)C)C1.I. The van der Waals surface area contributed by atoms with Gasteiger partial charge in [-0.25, -0.2) is 4.99 Å². The second-order valence-corrected chi connectivity index (χ2v) is 7.80. The molecule has 146 valence electrons. The topological polar surface area (TPSA) is 56.7 Å². The lowest BCUT2D eigenvalue weighted by atomic mass is 9.95. The van der Waals surface area contributed by atoms with Crippen molar-refractivity contribution in [3.63, 3.8) is 0 Å². The molecule has 5 nitrogen and oxygen atoms in total. The number of rotatable bonds is 6. The molecule has 0 aliphatic heterocycles. The maximum atomic E-state index is 11.9. The van der Waals surface area contributed by atoms with Gasteiger partial charge in [0.25, 0.3) is 0 Å². The molecule has 2 N–H and O–H groups in total. The van der Waals surface area contributed by atoms with E-state index in [1.165, 1.54) is 12.8 Å². The Morgan fingerprint density at radius 3 is 2.65 bits per heavy atom. The lowest BCUT2D eigenvalue weighted by Crippen LogP contribution is -2.48. The van der Waals surface area contributed by atoms with E-state index in [1.54, 1.807) is 19.0 Å². The zero-order valence-corrected chi connectivity index (χ0v) is 19.1. The first kappa shape index (κ1) is 23.1.